The van der Waals surface area contributed by atoms with Crippen LogP contribution in [0, 0.1) is 5.92 Å². The van der Waals surface area contributed by atoms with E-state index < -0.39 is 0 Å². The van der Waals surface area contributed by atoms with Crippen LogP contribution < -0.4 is 4.90 Å². The average Bonchev–Trinajstić information content (AvgIpc) is 3.58. The van der Waals surface area contributed by atoms with Gasteiger partial charge in [-0.15, -0.1) is 11.3 Å². The molecule has 0 radical (unpaired) electrons. The van der Waals surface area contributed by atoms with Gasteiger partial charge in [-0.25, -0.2) is 9.97 Å². The van der Waals surface area contributed by atoms with Crippen molar-refractivity contribution >= 4 is 27.4 Å². The Balaban J connectivity index is 1.31. The van der Waals surface area contributed by atoms with Crippen molar-refractivity contribution < 1.29 is 0 Å². The van der Waals surface area contributed by atoms with Crippen LogP contribution >= 0.6 is 11.3 Å². The Morgan fingerprint density at radius 2 is 1.68 bits per heavy atom. The molecule has 1 aromatic carbocycles. The predicted octanol–water partition coefficient (Wildman–Crippen LogP) is 6.12. The monoisotopic (exact) mass is 469 g/mol. The van der Waals surface area contributed by atoms with Gasteiger partial charge in [0, 0.05) is 30.2 Å². The Labute approximate surface area is 205 Å². The minimum atomic E-state index is 0.723. The van der Waals surface area contributed by atoms with Crippen LogP contribution in [0.15, 0.2) is 60.1 Å². The normalized spacial score (nSPS) is 17.6. The van der Waals surface area contributed by atoms with Gasteiger partial charge in [-0.1, -0.05) is 36.4 Å². The Kier molecular flexibility index (Phi) is 6.25. The van der Waals surface area contributed by atoms with Gasteiger partial charge in [-0.2, -0.15) is 0 Å². The molecule has 6 heteroatoms. The number of nitrogens with zero attached hydrogens (tertiary/aromatic N) is 5. The Hall–Kier alpha value is -2.83. The summed E-state index contributed by atoms with van der Waals surface area (Å²) >= 11 is 1.71. The van der Waals surface area contributed by atoms with Crippen LogP contribution in [0.5, 0.6) is 0 Å². The van der Waals surface area contributed by atoms with Crippen LogP contribution in [0.1, 0.15) is 32.1 Å². The second-order valence-corrected chi connectivity index (χ2v) is 10.4. The number of hydrogen-bond acceptors (Lipinski definition) is 6. The molecule has 2 aliphatic rings. The molecular weight excluding hydrogens is 438 g/mol. The highest BCUT2D eigenvalue weighted by atomic mass is 32.1. The molecule has 0 unspecified atom stereocenters. The van der Waals surface area contributed by atoms with Gasteiger partial charge in [0.2, 0.25) is 0 Å². The summed E-state index contributed by atoms with van der Waals surface area (Å²) in [5.74, 6) is 2.62. The lowest BCUT2D eigenvalue weighted by Crippen LogP contribution is -2.35. The third-order valence-corrected chi connectivity index (χ3v) is 8.23. The van der Waals surface area contributed by atoms with Gasteiger partial charge < -0.3 is 9.80 Å². The van der Waals surface area contributed by atoms with E-state index in [2.05, 4.69) is 50.5 Å². The average molecular weight is 470 g/mol. The minimum Gasteiger partial charge on any atom is -0.356 e. The predicted molar refractivity (Wildman–Crippen MR) is 141 cm³/mol. The van der Waals surface area contributed by atoms with Crippen molar-refractivity contribution in [2.24, 2.45) is 5.92 Å². The summed E-state index contributed by atoms with van der Waals surface area (Å²) in [6.45, 7) is 5.99. The summed E-state index contributed by atoms with van der Waals surface area (Å²) in [4.78, 5) is 20.8. The second-order valence-electron chi connectivity index (χ2n) is 9.55. The van der Waals surface area contributed by atoms with Crippen molar-refractivity contribution in [2.75, 3.05) is 37.6 Å². The van der Waals surface area contributed by atoms with Crippen molar-refractivity contribution in [2.45, 2.75) is 32.1 Å². The number of piperidine rings is 1. The zero-order valence-corrected chi connectivity index (χ0v) is 20.4. The van der Waals surface area contributed by atoms with Gasteiger partial charge in [-0.3, -0.25) is 4.98 Å². The highest BCUT2D eigenvalue weighted by Crippen LogP contribution is 2.40. The van der Waals surface area contributed by atoms with E-state index in [1.807, 2.05) is 24.4 Å². The van der Waals surface area contributed by atoms with Crippen LogP contribution in [-0.4, -0.2) is 52.6 Å². The Morgan fingerprint density at radius 1 is 0.882 bits per heavy atom. The topological polar surface area (TPSA) is 45.2 Å². The third kappa shape index (κ3) is 4.44. The number of likely N-dealkylation sites (tertiary alicyclic amines) is 1. The Bertz CT molecular complexity index is 1230. The van der Waals surface area contributed by atoms with Crippen molar-refractivity contribution in [3.63, 3.8) is 0 Å². The van der Waals surface area contributed by atoms with Gasteiger partial charge in [0.15, 0.2) is 5.82 Å². The quantitative estimate of drug-likeness (QED) is 0.340. The molecule has 0 saturated carbocycles. The summed E-state index contributed by atoms with van der Waals surface area (Å²) in [7, 11) is 0. The molecule has 2 saturated heterocycles. The van der Waals surface area contributed by atoms with E-state index >= 15 is 0 Å². The smallest absolute Gasteiger partial charge is 0.181 e. The number of benzene rings is 1. The fourth-order valence-electron chi connectivity index (χ4n) is 5.40. The number of anilines is 1. The fourth-order valence-corrected chi connectivity index (χ4v) is 6.34. The summed E-state index contributed by atoms with van der Waals surface area (Å²) in [5.41, 5.74) is 3.30. The van der Waals surface area contributed by atoms with Crippen LogP contribution in [0.3, 0.4) is 0 Å². The first-order chi connectivity index (χ1) is 16.8. The first-order valence-electron chi connectivity index (χ1n) is 12.6. The van der Waals surface area contributed by atoms with E-state index in [-0.39, 0.29) is 0 Å². The molecule has 0 aliphatic carbocycles. The van der Waals surface area contributed by atoms with E-state index in [1.54, 1.807) is 11.3 Å². The molecule has 3 aromatic heterocycles. The van der Waals surface area contributed by atoms with Crippen molar-refractivity contribution in [1.82, 2.24) is 19.9 Å². The van der Waals surface area contributed by atoms with Crippen LogP contribution in [-0.2, 0) is 0 Å². The summed E-state index contributed by atoms with van der Waals surface area (Å²) in [6.07, 6.45) is 8.39. The molecule has 5 nitrogen and oxygen atoms in total. The summed E-state index contributed by atoms with van der Waals surface area (Å²) < 4.78 is 0. The molecule has 5 heterocycles. The number of rotatable bonds is 6. The maximum absolute atomic E-state index is 5.14. The zero-order valence-electron chi connectivity index (χ0n) is 19.6. The van der Waals surface area contributed by atoms with Crippen LogP contribution in [0.2, 0.25) is 0 Å². The maximum atomic E-state index is 5.14. The molecule has 0 spiro atoms. The SMILES string of the molecule is c1ccc(-c2csc3nc(-c4ccccn4)nc(N4CCC(CCN5CCCC5)CC4)c23)cc1. The Morgan fingerprint density at radius 3 is 2.44 bits per heavy atom. The highest BCUT2D eigenvalue weighted by Gasteiger charge is 2.25. The number of thiophene rings is 1. The molecule has 0 atom stereocenters. The lowest BCUT2D eigenvalue weighted by Gasteiger charge is -2.34. The molecule has 0 N–H and O–H groups in total. The molecule has 2 fully saturated rings. The first kappa shape index (κ1) is 21.7. The van der Waals surface area contributed by atoms with E-state index in [1.165, 1.54) is 68.3 Å². The lowest BCUT2D eigenvalue weighted by molar-refractivity contribution is 0.280. The van der Waals surface area contributed by atoms with E-state index in [0.717, 1.165) is 41.2 Å². The third-order valence-electron chi connectivity index (χ3n) is 7.36. The molecule has 174 valence electrons. The second kappa shape index (κ2) is 9.80. The zero-order chi connectivity index (χ0) is 22.7. The molecular formula is C28H31N5S. The van der Waals surface area contributed by atoms with Gasteiger partial charge >= 0.3 is 0 Å². The van der Waals surface area contributed by atoms with Crippen molar-refractivity contribution in [1.29, 1.82) is 0 Å². The summed E-state index contributed by atoms with van der Waals surface area (Å²) in [6, 6.07) is 16.6. The van der Waals surface area contributed by atoms with Gasteiger partial charge in [0.1, 0.15) is 16.3 Å². The lowest BCUT2D eigenvalue weighted by atomic mass is 9.93. The van der Waals surface area contributed by atoms with Crippen LogP contribution in [0.4, 0.5) is 5.82 Å². The number of hydrogen-bond donors (Lipinski definition) is 0. The molecule has 2 aliphatic heterocycles. The van der Waals surface area contributed by atoms with E-state index in [0.29, 0.717) is 0 Å². The largest absolute Gasteiger partial charge is 0.356 e. The maximum Gasteiger partial charge on any atom is 0.181 e. The summed E-state index contributed by atoms with van der Waals surface area (Å²) in [5, 5.41) is 3.43. The standard InChI is InChI=1S/C28H31N5S/c1-2-8-22(9-3-1)23-20-34-28-25(23)27(30-26(31-28)24-10-4-5-14-29-24)33-18-12-21(13-19-33)11-17-32-15-6-7-16-32/h1-5,8-10,14,20-21H,6-7,11-13,15-19H2. The minimum absolute atomic E-state index is 0.723. The van der Waals surface area contributed by atoms with E-state index in [9.17, 15) is 0 Å². The molecule has 0 amide bonds. The van der Waals surface area contributed by atoms with Crippen LogP contribution in [0.25, 0.3) is 32.9 Å². The van der Waals surface area contributed by atoms with Crippen molar-refractivity contribution in [3.05, 3.63) is 60.1 Å². The number of aromatic nitrogens is 3. The van der Waals surface area contributed by atoms with Crippen molar-refractivity contribution in [3.8, 4) is 22.6 Å². The van der Waals surface area contributed by atoms with Gasteiger partial charge in [0.05, 0.1) is 5.39 Å². The highest BCUT2D eigenvalue weighted by molar-refractivity contribution is 7.17. The number of pyridine rings is 1. The molecule has 6 rings (SSSR count). The fraction of sp³-hybridized carbons (Fsp3) is 0.393. The van der Waals surface area contributed by atoms with Gasteiger partial charge in [-0.05, 0) is 75.4 Å². The first-order valence-corrected chi connectivity index (χ1v) is 13.5. The van der Waals surface area contributed by atoms with Gasteiger partial charge in [0.25, 0.3) is 0 Å². The molecule has 4 aromatic rings. The molecule has 34 heavy (non-hydrogen) atoms. The molecule has 0 bridgehead atoms. The van der Waals surface area contributed by atoms with E-state index in [4.69, 9.17) is 9.97 Å². The number of fused-ring (bicyclic) bond motifs is 1.